The van der Waals surface area contributed by atoms with Crippen molar-refractivity contribution in [3.05, 3.63) is 36.4 Å². The van der Waals surface area contributed by atoms with Gasteiger partial charge in [-0.2, -0.15) is 0 Å². The van der Waals surface area contributed by atoms with Gasteiger partial charge in [-0.3, -0.25) is 0 Å². The van der Waals surface area contributed by atoms with Gasteiger partial charge in [0.1, 0.15) is 0 Å². The molecule has 74 valence electrons. The molecule has 1 aliphatic rings. The summed E-state index contributed by atoms with van der Waals surface area (Å²) < 4.78 is 11.2. The van der Waals surface area contributed by atoms with E-state index in [1.807, 2.05) is 24.3 Å². The van der Waals surface area contributed by atoms with Gasteiger partial charge in [0, 0.05) is 0 Å². The van der Waals surface area contributed by atoms with E-state index in [9.17, 15) is 0 Å². The van der Waals surface area contributed by atoms with Crippen molar-refractivity contribution in [3.63, 3.8) is 0 Å². The molecule has 0 saturated carbocycles. The highest BCUT2D eigenvalue weighted by Crippen LogP contribution is 2.26. The molecule has 0 radical (unpaired) electrons. The van der Waals surface area contributed by atoms with E-state index in [1.54, 1.807) is 0 Å². The van der Waals surface area contributed by atoms with E-state index in [2.05, 4.69) is 12.2 Å². The van der Waals surface area contributed by atoms with E-state index in [0.717, 1.165) is 37.6 Å². The summed E-state index contributed by atoms with van der Waals surface area (Å²) in [5.74, 6) is 1.70. The number of fused-ring (bicyclic) bond motifs is 1. The molecule has 0 atom stereocenters. The van der Waals surface area contributed by atoms with Gasteiger partial charge in [-0.05, 0) is 25.0 Å². The second-order valence-corrected chi connectivity index (χ2v) is 3.19. The second-order valence-electron chi connectivity index (χ2n) is 3.19. The summed E-state index contributed by atoms with van der Waals surface area (Å²) in [7, 11) is 0. The Balaban J connectivity index is 2.14. The summed E-state index contributed by atoms with van der Waals surface area (Å²) in [5.41, 5.74) is 0. The van der Waals surface area contributed by atoms with Crippen molar-refractivity contribution in [1.82, 2.24) is 0 Å². The predicted octanol–water partition coefficient (Wildman–Crippen LogP) is 2.79. The van der Waals surface area contributed by atoms with Gasteiger partial charge < -0.3 is 9.47 Å². The lowest BCUT2D eigenvalue weighted by atomic mass is 10.3. The van der Waals surface area contributed by atoms with Crippen LogP contribution in [0.4, 0.5) is 0 Å². The van der Waals surface area contributed by atoms with Crippen LogP contribution in [0.15, 0.2) is 36.4 Å². The standard InChI is InChI=1S/C12H14O2/c1-2-6-10-14-12-8-4-3-7-11(12)13-9-5-1/h1-4,7-8H,5-6,9-10H2/b2-1-. The number of para-hydroxylation sites is 2. The number of hydrogen-bond acceptors (Lipinski definition) is 2. The molecule has 0 aromatic heterocycles. The molecule has 0 saturated heterocycles. The lowest BCUT2D eigenvalue weighted by Crippen LogP contribution is -2.02. The Morgan fingerprint density at radius 1 is 0.786 bits per heavy atom. The smallest absolute Gasteiger partial charge is 0.161 e. The molecular formula is C12H14O2. The van der Waals surface area contributed by atoms with Crippen LogP contribution >= 0.6 is 0 Å². The summed E-state index contributed by atoms with van der Waals surface area (Å²) in [6.07, 6.45) is 6.21. The van der Waals surface area contributed by atoms with E-state index in [1.165, 1.54) is 0 Å². The fraction of sp³-hybridized carbons (Fsp3) is 0.333. The van der Waals surface area contributed by atoms with Crippen molar-refractivity contribution in [1.29, 1.82) is 0 Å². The first-order chi connectivity index (χ1) is 6.97. The van der Waals surface area contributed by atoms with Crippen molar-refractivity contribution >= 4 is 0 Å². The number of benzene rings is 1. The highest BCUT2D eigenvalue weighted by Gasteiger charge is 2.03. The molecule has 14 heavy (non-hydrogen) atoms. The molecule has 1 aromatic rings. The van der Waals surface area contributed by atoms with Crippen molar-refractivity contribution in [2.45, 2.75) is 12.8 Å². The van der Waals surface area contributed by atoms with Gasteiger partial charge in [0.05, 0.1) is 13.2 Å². The molecule has 1 aliphatic heterocycles. The van der Waals surface area contributed by atoms with Gasteiger partial charge in [-0.25, -0.2) is 0 Å². The van der Waals surface area contributed by atoms with E-state index < -0.39 is 0 Å². The highest BCUT2D eigenvalue weighted by atomic mass is 16.5. The van der Waals surface area contributed by atoms with Crippen molar-refractivity contribution < 1.29 is 9.47 Å². The largest absolute Gasteiger partial charge is 0.489 e. The third-order valence-electron chi connectivity index (χ3n) is 2.10. The summed E-state index contributed by atoms with van der Waals surface area (Å²) in [4.78, 5) is 0. The summed E-state index contributed by atoms with van der Waals surface area (Å²) >= 11 is 0. The molecule has 0 amide bonds. The number of hydrogen-bond donors (Lipinski definition) is 0. The zero-order valence-electron chi connectivity index (χ0n) is 8.11. The van der Waals surface area contributed by atoms with Gasteiger partial charge in [0.15, 0.2) is 11.5 Å². The molecule has 1 heterocycles. The third kappa shape index (κ3) is 2.28. The van der Waals surface area contributed by atoms with Crippen LogP contribution in [0.2, 0.25) is 0 Å². The van der Waals surface area contributed by atoms with Crippen LogP contribution in [-0.2, 0) is 0 Å². The summed E-state index contributed by atoms with van der Waals surface area (Å²) in [6.45, 7) is 1.44. The van der Waals surface area contributed by atoms with Gasteiger partial charge in [0.2, 0.25) is 0 Å². The molecule has 0 bridgehead atoms. The first kappa shape index (κ1) is 9.13. The fourth-order valence-electron chi connectivity index (χ4n) is 1.40. The van der Waals surface area contributed by atoms with Gasteiger partial charge in [0.25, 0.3) is 0 Å². The Morgan fingerprint density at radius 3 is 1.79 bits per heavy atom. The average molecular weight is 190 g/mol. The maximum absolute atomic E-state index is 5.59. The molecule has 0 spiro atoms. The molecule has 2 heteroatoms. The molecule has 2 rings (SSSR count). The van der Waals surface area contributed by atoms with E-state index in [0.29, 0.717) is 0 Å². The average Bonchev–Trinajstić information content (AvgIpc) is 2.25. The monoisotopic (exact) mass is 190 g/mol. The fourth-order valence-corrected chi connectivity index (χ4v) is 1.40. The zero-order valence-corrected chi connectivity index (χ0v) is 8.11. The molecule has 2 nitrogen and oxygen atoms in total. The van der Waals surface area contributed by atoms with Crippen LogP contribution in [0.25, 0.3) is 0 Å². The zero-order chi connectivity index (χ0) is 9.64. The Hall–Kier alpha value is -1.44. The lowest BCUT2D eigenvalue weighted by Gasteiger charge is -2.12. The normalized spacial score (nSPS) is 18.6. The SMILES string of the molecule is C1=C\CCOc2ccccc2OCC/1. The topological polar surface area (TPSA) is 18.5 Å². The van der Waals surface area contributed by atoms with Crippen LogP contribution in [0.5, 0.6) is 11.5 Å². The molecule has 1 aromatic carbocycles. The number of rotatable bonds is 0. The first-order valence-electron chi connectivity index (χ1n) is 4.96. The van der Waals surface area contributed by atoms with E-state index >= 15 is 0 Å². The quantitative estimate of drug-likeness (QED) is 0.586. The minimum atomic E-state index is 0.719. The Bertz CT molecular complexity index is 287. The second kappa shape index (κ2) is 4.70. The molecule has 0 unspecified atom stereocenters. The van der Waals surface area contributed by atoms with Crippen LogP contribution in [-0.4, -0.2) is 13.2 Å². The van der Waals surface area contributed by atoms with E-state index in [-0.39, 0.29) is 0 Å². The lowest BCUT2D eigenvalue weighted by molar-refractivity contribution is 0.271. The maximum Gasteiger partial charge on any atom is 0.161 e. The molecule has 0 N–H and O–H groups in total. The third-order valence-corrected chi connectivity index (χ3v) is 2.10. The minimum absolute atomic E-state index is 0.719. The summed E-state index contributed by atoms with van der Waals surface area (Å²) in [5, 5.41) is 0. The molecular weight excluding hydrogens is 176 g/mol. The van der Waals surface area contributed by atoms with Gasteiger partial charge >= 0.3 is 0 Å². The van der Waals surface area contributed by atoms with Crippen molar-refractivity contribution in [3.8, 4) is 11.5 Å². The van der Waals surface area contributed by atoms with E-state index in [4.69, 9.17) is 9.47 Å². The minimum Gasteiger partial charge on any atom is -0.489 e. The van der Waals surface area contributed by atoms with Crippen molar-refractivity contribution in [2.75, 3.05) is 13.2 Å². The summed E-state index contributed by atoms with van der Waals surface area (Å²) in [6, 6.07) is 7.81. The predicted molar refractivity (Wildman–Crippen MR) is 55.8 cm³/mol. The van der Waals surface area contributed by atoms with Gasteiger partial charge in [-0.1, -0.05) is 24.3 Å². The first-order valence-corrected chi connectivity index (χ1v) is 4.96. The Labute approximate surface area is 84.2 Å². The Morgan fingerprint density at radius 2 is 1.29 bits per heavy atom. The number of ether oxygens (including phenoxy) is 2. The van der Waals surface area contributed by atoms with Crippen LogP contribution in [0.3, 0.4) is 0 Å². The van der Waals surface area contributed by atoms with Crippen LogP contribution in [0.1, 0.15) is 12.8 Å². The van der Waals surface area contributed by atoms with Crippen LogP contribution < -0.4 is 9.47 Å². The molecule has 0 aliphatic carbocycles. The highest BCUT2D eigenvalue weighted by molar-refractivity contribution is 5.39. The van der Waals surface area contributed by atoms with Crippen LogP contribution in [0, 0.1) is 0 Å². The maximum atomic E-state index is 5.59. The van der Waals surface area contributed by atoms with Gasteiger partial charge in [-0.15, -0.1) is 0 Å². The Kier molecular flexibility index (Phi) is 3.06. The van der Waals surface area contributed by atoms with Crippen molar-refractivity contribution in [2.24, 2.45) is 0 Å². The molecule has 0 fully saturated rings.